The predicted octanol–water partition coefficient (Wildman–Crippen LogP) is 2.46. The summed E-state index contributed by atoms with van der Waals surface area (Å²) in [6.45, 7) is 1.60. The third-order valence-corrected chi connectivity index (χ3v) is 5.96. The monoisotopic (exact) mass is 444 g/mol. The summed E-state index contributed by atoms with van der Waals surface area (Å²) in [7, 11) is -4.56. The predicted molar refractivity (Wildman–Crippen MR) is 101 cm³/mol. The van der Waals surface area contributed by atoms with E-state index in [1.807, 2.05) is 4.72 Å². The summed E-state index contributed by atoms with van der Waals surface area (Å²) in [6, 6.07) is 7.84. The molecule has 0 aliphatic carbocycles. The van der Waals surface area contributed by atoms with E-state index in [4.69, 9.17) is 9.47 Å². The van der Waals surface area contributed by atoms with Gasteiger partial charge in [0.15, 0.2) is 11.5 Å². The lowest BCUT2D eigenvalue weighted by molar-refractivity contribution is -0.139. The van der Waals surface area contributed by atoms with Gasteiger partial charge in [-0.2, -0.15) is 17.9 Å². The lowest BCUT2D eigenvalue weighted by Crippen LogP contribution is -2.45. The van der Waals surface area contributed by atoms with Crippen LogP contribution in [0.25, 0.3) is 0 Å². The Morgan fingerprint density at radius 3 is 2.57 bits per heavy atom. The van der Waals surface area contributed by atoms with Crippen molar-refractivity contribution in [2.45, 2.75) is 30.5 Å². The Morgan fingerprint density at radius 1 is 1.13 bits per heavy atom. The second-order valence-electron chi connectivity index (χ2n) is 6.57. The molecule has 0 saturated heterocycles. The summed E-state index contributed by atoms with van der Waals surface area (Å²) in [6.07, 6.45) is -4.40. The summed E-state index contributed by atoms with van der Waals surface area (Å²) < 4.78 is 76.6. The number of fused-ring (bicyclic) bond motifs is 1. The van der Waals surface area contributed by atoms with Crippen molar-refractivity contribution in [1.82, 2.24) is 10.0 Å². The van der Waals surface area contributed by atoms with Gasteiger partial charge in [0.2, 0.25) is 22.7 Å². The van der Waals surface area contributed by atoms with Crippen LogP contribution in [0.3, 0.4) is 0 Å². The number of halogens is 3. The fraction of sp³-hybridized carbons (Fsp3) is 0.316. The van der Waals surface area contributed by atoms with E-state index in [2.05, 4.69) is 5.32 Å². The molecule has 1 atom stereocenters. The summed E-state index contributed by atoms with van der Waals surface area (Å²) in [5, 5.41) is 2.56. The summed E-state index contributed by atoms with van der Waals surface area (Å²) in [4.78, 5) is 11.3. The molecular weight excluding hydrogens is 425 g/mol. The van der Waals surface area contributed by atoms with E-state index in [-0.39, 0.29) is 13.3 Å². The quantitative estimate of drug-likeness (QED) is 0.684. The highest BCUT2D eigenvalue weighted by molar-refractivity contribution is 7.89. The van der Waals surface area contributed by atoms with E-state index in [1.165, 1.54) is 13.0 Å². The van der Waals surface area contributed by atoms with Gasteiger partial charge in [0.1, 0.15) is 0 Å². The molecule has 7 nitrogen and oxygen atoms in total. The Bertz CT molecular complexity index is 1040. The van der Waals surface area contributed by atoms with Crippen molar-refractivity contribution in [1.29, 1.82) is 0 Å². The van der Waals surface area contributed by atoms with Crippen LogP contribution in [-0.4, -0.2) is 33.7 Å². The number of alkyl halides is 3. The molecule has 1 amide bonds. The van der Waals surface area contributed by atoms with Crippen LogP contribution in [0.5, 0.6) is 11.5 Å². The third kappa shape index (κ3) is 5.03. The van der Waals surface area contributed by atoms with Gasteiger partial charge in [0.25, 0.3) is 0 Å². The van der Waals surface area contributed by atoms with Gasteiger partial charge in [0, 0.05) is 6.54 Å². The number of rotatable bonds is 7. The van der Waals surface area contributed by atoms with Gasteiger partial charge in [-0.25, -0.2) is 8.42 Å². The molecule has 30 heavy (non-hydrogen) atoms. The maximum absolute atomic E-state index is 13.1. The Hall–Kier alpha value is -2.79. The third-order valence-electron chi connectivity index (χ3n) is 4.36. The van der Waals surface area contributed by atoms with E-state index < -0.39 is 38.6 Å². The van der Waals surface area contributed by atoms with Crippen LogP contribution < -0.4 is 19.5 Å². The fourth-order valence-corrected chi connectivity index (χ4v) is 4.29. The summed E-state index contributed by atoms with van der Waals surface area (Å²) >= 11 is 0. The maximum atomic E-state index is 13.1. The number of amides is 1. The van der Waals surface area contributed by atoms with E-state index in [9.17, 15) is 26.4 Å². The minimum absolute atomic E-state index is 0.143. The van der Waals surface area contributed by atoms with Gasteiger partial charge in [-0.15, -0.1) is 0 Å². The van der Waals surface area contributed by atoms with Crippen molar-refractivity contribution in [3.63, 3.8) is 0 Å². The van der Waals surface area contributed by atoms with Gasteiger partial charge >= 0.3 is 6.18 Å². The first-order valence-corrected chi connectivity index (χ1v) is 10.4. The number of carbonyl (C=O) groups excluding carboxylic acids is 1. The highest BCUT2D eigenvalue weighted by atomic mass is 32.2. The van der Waals surface area contributed by atoms with E-state index >= 15 is 0 Å². The van der Waals surface area contributed by atoms with Crippen molar-refractivity contribution in [3.8, 4) is 11.5 Å². The Morgan fingerprint density at radius 2 is 1.83 bits per heavy atom. The number of benzene rings is 2. The topological polar surface area (TPSA) is 93.7 Å². The zero-order valence-corrected chi connectivity index (χ0v) is 16.6. The second kappa shape index (κ2) is 8.52. The zero-order chi connectivity index (χ0) is 21.9. The van der Waals surface area contributed by atoms with Gasteiger partial charge in [-0.3, -0.25) is 4.79 Å². The van der Waals surface area contributed by atoms with Crippen LogP contribution >= 0.6 is 0 Å². The molecule has 0 fully saturated rings. The molecule has 2 N–H and O–H groups in total. The summed E-state index contributed by atoms with van der Waals surface area (Å²) in [5.41, 5.74) is -0.431. The SMILES string of the molecule is C[C@H](NS(=O)(=O)c1ccccc1C(F)(F)F)C(=O)NCCc1ccc2c(c1)OCO2. The van der Waals surface area contributed by atoms with Crippen LogP contribution in [0, 0.1) is 0 Å². The Labute approximate surface area is 171 Å². The maximum Gasteiger partial charge on any atom is 0.417 e. The highest BCUT2D eigenvalue weighted by Gasteiger charge is 2.37. The van der Waals surface area contributed by atoms with Crippen LogP contribution in [0.15, 0.2) is 47.4 Å². The molecule has 3 rings (SSSR count). The van der Waals surface area contributed by atoms with E-state index in [0.717, 1.165) is 17.7 Å². The molecule has 0 radical (unpaired) electrons. The number of hydrogen-bond acceptors (Lipinski definition) is 5. The molecule has 1 heterocycles. The van der Waals surface area contributed by atoms with Crippen molar-refractivity contribution in [3.05, 3.63) is 53.6 Å². The van der Waals surface area contributed by atoms with Crippen LogP contribution in [0.2, 0.25) is 0 Å². The standard InChI is InChI=1S/C19H19F3N2O5S/c1-12(24-30(26,27)17-5-3-2-4-14(17)19(20,21)22)18(25)23-9-8-13-6-7-15-16(10-13)29-11-28-15/h2-7,10,12,24H,8-9,11H2,1H3,(H,23,25)/t12-/m0/s1. The first-order valence-electron chi connectivity index (χ1n) is 8.93. The molecule has 0 spiro atoms. The van der Waals surface area contributed by atoms with Crippen molar-refractivity contribution < 1.29 is 35.9 Å². The molecule has 11 heteroatoms. The number of hydrogen-bond donors (Lipinski definition) is 2. The zero-order valence-electron chi connectivity index (χ0n) is 15.8. The average molecular weight is 444 g/mol. The molecule has 162 valence electrons. The van der Waals surface area contributed by atoms with Gasteiger partial charge in [0.05, 0.1) is 16.5 Å². The lowest BCUT2D eigenvalue weighted by Gasteiger charge is -2.17. The molecule has 2 aromatic carbocycles. The second-order valence-corrected chi connectivity index (χ2v) is 8.25. The van der Waals surface area contributed by atoms with Gasteiger partial charge < -0.3 is 14.8 Å². The number of nitrogens with one attached hydrogen (secondary N) is 2. The molecule has 2 aromatic rings. The Balaban J connectivity index is 1.59. The minimum atomic E-state index is -4.85. The van der Waals surface area contributed by atoms with E-state index in [1.54, 1.807) is 18.2 Å². The molecule has 0 bridgehead atoms. The van der Waals surface area contributed by atoms with Gasteiger partial charge in [-0.05, 0) is 43.2 Å². The molecule has 0 saturated carbocycles. The lowest BCUT2D eigenvalue weighted by atomic mass is 10.1. The summed E-state index contributed by atoms with van der Waals surface area (Å²) in [5.74, 6) is 0.567. The number of carbonyl (C=O) groups is 1. The molecule has 0 unspecified atom stereocenters. The van der Waals surface area contributed by atoms with Crippen molar-refractivity contribution in [2.75, 3.05) is 13.3 Å². The largest absolute Gasteiger partial charge is 0.454 e. The normalized spacial score (nSPS) is 14.4. The molecule has 1 aliphatic heterocycles. The fourth-order valence-electron chi connectivity index (χ4n) is 2.86. The molecule has 1 aliphatic rings. The first kappa shape index (κ1) is 21.9. The molecule has 0 aromatic heterocycles. The van der Waals surface area contributed by atoms with Crippen LogP contribution in [-0.2, 0) is 27.4 Å². The smallest absolute Gasteiger partial charge is 0.417 e. The average Bonchev–Trinajstić information content (AvgIpc) is 3.14. The van der Waals surface area contributed by atoms with Crippen molar-refractivity contribution in [2.24, 2.45) is 0 Å². The van der Waals surface area contributed by atoms with Gasteiger partial charge in [-0.1, -0.05) is 18.2 Å². The minimum Gasteiger partial charge on any atom is -0.454 e. The first-order chi connectivity index (χ1) is 14.1. The van der Waals surface area contributed by atoms with E-state index in [0.29, 0.717) is 24.0 Å². The number of sulfonamides is 1. The Kier molecular flexibility index (Phi) is 6.22. The van der Waals surface area contributed by atoms with Crippen LogP contribution in [0.1, 0.15) is 18.1 Å². The van der Waals surface area contributed by atoms with Crippen molar-refractivity contribution >= 4 is 15.9 Å². The van der Waals surface area contributed by atoms with Crippen LogP contribution in [0.4, 0.5) is 13.2 Å². The highest BCUT2D eigenvalue weighted by Crippen LogP contribution is 2.34. The number of ether oxygens (including phenoxy) is 2. The molecular formula is C19H19F3N2O5S.